The van der Waals surface area contributed by atoms with Gasteiger partial charge in [0.2, 0.25) is 11.7 Å². The highest BCUT2D eigenvalue weighted by atomic mass is 16.5. The third-order valence-electron chi connectivity index (χ3n) is 6.12. The summed E-state index contributed by atoms with van der Waals surface area (Å²) in [5, 5.41) is 3.12. The Labute approximate surface area is 202 Å². The van der Waals surface area contributed by atoms with Crippen molar-refractivity contribution in [1.29, 1.82) is 0 Å². The number of carbonyl (C=O) groups excluding carboxylic acids is 1. The molecule has 0 bridgehead atoms. The van der Waals surface area contributed by atoms with Crippen LogP contribution in [0.5, 0.6) is 23.0 Å². The predicted octanol–water partition coefficient (Wildman–Crippen LogP) is 4.95. The Hall–Kier alpha value is -3.19. The van der Waals surface area contributed by atoms with Crippen molar-refractivity contribution in [3.63, 3.8) is 0 Å². The van der Waals surface area contributed by atoms with Crippen molar-refractivity contribution >= 4 is 23.7 Å². The zero-order chi connectivity index (χ0) is 24.5. The molecule has 1 heterocycles. The molecule has 0 spiro atoms. The van der Waals surface area contributed by atoms with E-state index in [0.717, 1.165) is 43.6 Å². The lowest BCUT2D eigenvalue weighted by Gasteiger charge is -2.30. The number of anilines is 1. The second-order valence-electron chi connectivity index (χ2n) is 8.18. The number of benzene rings is 2. The maximum atomic E-state index is 13.0. The molecule has 1 aliphatic heterocycles. The number of nitrogens with zero attached hydrogens (tertiary/aromatic N) is 1. The minimum Gasteiger partial charge on any atom is -0.493 e. The number of amides is 1. The molecular weight excluding hydrogens is 432 g/mol. The molecule has 184 valence electrons. The number of hydrogen-bond acceptors (Lipinski definition) is 6. The molecule has 0 aliphatic carbocycles. The van der Waals surface area contributed by atoms with Crippen molar-refractivity contribution in [3.05, 3.63) is 41.5 Å². The molecule has 1 fully saturated rings. The lowest BCUT2D eigenvalue weighted by Crippen LogP contribution is -2.38. The van der Waals surface area contributed by atoms with E-state index in [0.29, 0.717) is 35.3 Å². The van der Waals surface area contributed by atoms with Gasteiger partial charge in [-0.2, -0.15) is 0 Å². The molecule has 7 nitrogen and oxygen atoms in total. The standard InChI is InChI=1S/C27H36N2O5/c1-6-29-14-12-21(13-15-29)27(30)28-22-16-19(10-11-23(22)34-7-2)8-9-20-17-24(31-3)26(33-5)25(18-20)32-4/h8-11,16-18,21H,6-7,12-15H2,1-5H3,(H,28,30)/b9-8-. The molecule has 0 atom stereocenters. The molecule has 0 aromatic heterocycles. The first kappa shape index (κ1) is 25.4. The van der Waals surface area contributed by atoms with Gasteiger partial charge >= 0.3 is 0 Å². The fourth-order valence-corrected chi connectivity index (χ4v) is 4.17. The summed E-state index contributed by atoms with van der Waals surface area (Å²) in [5.74, 6) is 2.49. The van der Waals surface area contributed by atoms with Gasteiger partial charge in [0.25, 0.3) is 0 Å². The van der Waals surface area contributed by atoms with E-state index in [4.69, 9.17) is 18.9 Å². The van der Waals surface area contributed by atoms with Gasteiger partial charge in [-0.15, -0.1) is 0 Å². The first-order valence-corrected chi connectivity index (χ1v) is 11.8. The van der Waals surface area contributed by atoms with E-state index < -0.39 is 0 Å². The van der Waals surface area contributed by atoms with Crippen LogP contribution in [-0.2, 0) is 4.79 Å². The Kier molecular flexibility index (Phi) is 9.22. The average Bonchev–Trinajstić information content (AvgIpc) is 2.88. The number of methoxy groups -OCH3 is 3. The maximum absolute atomic E-state index is 13.0. The van der Waals surface area contributed by atoms with E-state index >= 15 is 0 Å². The lowest BCUT2D eigenvalue weighted by molar-refractivity contribution is -0.121. The highest BCUT2D eigenvalue weighted by Gasteiger charge is 2.25. The smallest absolute Gasteiger partial charge is 0.227 e. The number of hydrogen-bond donors (Lipinski definition) is 1. The lowest BCUT2D eigenvalue weighted by atomic mass is 9.96. The zero-order valence-electron chi connectivity index (χ0n) is 20.8. The number of ether oxygens (including phenoxy) is 4. The highest BCUT2D eigenvalue weighted by molar-refractivity contribution is 5.94. The quantitative estimate of drug-likeness (QED) is 0.498. The molecule has 7 heteroatoms. The van der Waals surface area contributed by atoms with Gasteiger partial charge in [0, 0.05) is 5.92 Å². The Morgan fingerprint density at radius 3 is 2.15 bits per heavy atom. The SMILES string of the molecule is CCOc1ccc(/C=C\c2cc(OC)c(OC)c(OC)c2)cc1NC(=O)C1CCN(CC)CC1. The van der Waals surface area contributed by atoms with Crippen LogP contribution in [0.3, 0.4) is 0 Å². The van der Waals surface area contributed by atoms with E-state index in [-0.39, 0.29) is 11.8 Å². The van der Waals surface area contributed by atoms with E-state index in [2.05, 4.69) is 17.1 Å². The molecule has 3 rings (SSSR count). The summed E-state index contributed by atoms with van der Waals surface area (Å²) in [4.78, 5) is 15.3. The largest absolute Gasteiger partial charge is 0.493 e. The van der Waals surface area contributed by atoms with Gasteiger partial charge in [-0.3, -0.25) is 4.79 Å². The van der Waals surface area contributed by atoms with Crippen LogP contribution < -0.4 is 24.3 Å². The second kappa shape index (κ2) is 12.3. The molecule has 1 amide bonds. The molecule has 0 unspecified atom stereocenters. The first-order valence-electron chi connectivity index (χ1n) is 11.8. The summed E-state index contributed by atoms with van der Waals surface area (Å²) in [6, 6.07) is 9.58. The molecule has 1 saturated heterocycles. The van der Waals surface area contributed by atoms with E-state index in [1.807, 2.05) is 49.4 Å². The summed E-state index contributed by atoms with van der Waals surface area (Å²) in [7, 11) is 4.77. The first-order chi connectivity index (χ1) is 16.5. The molecule has 2 aromatic rings. The Balaban J connectivity index is 1.80. The van der Waals surface area contributed by atoms with Crippen LogP contribution in [0.4, 0.5) is 5.69 Å². The third-order valence-corrected chi connectivity index (χ3v) is 6.12. The van der Waals surface area contributed by atoms with E-state index in [9.17, 15) is 4.79 Å². The number of rotatable bonds is 10. The average molecular weight is 469 g/mol. The number of carbonyl (C=O) groups is 1. The van der Waals surface area contributed by atoms with Crippen molar-refractivity contribution in [1.82, 2.24) is 4.90 Å². The van der Waals surface area contributed by atoms with Crippen LogP contribution in [0.25, 0.3) is 12.2 Å². The summed E-state index contributed by atoms with van der Waals surface area (Å²) in [5.41, 5.74) is 2.53. The fourth-order valence-electron chi connectivity index (χ4n) is 4.17. The number of likely N-dealkylation sites (tertiary alicyclic amines) is 1. The van der Waals surface area contributed by atoms with Gasteiger partial charge in [0.1, 0.15) is 5.75 Å². The van der Waals surface area contributed by atoms with Crippen LogP contribution in [0.1, 0.15) is 37.8 Å². The number of piperidine rings is 1. The van der Waals surface area contributed by atoms with Gasteiger partial charge in [0.15, 0.2) is 11.5 Å². The molecule has 0 radical (unpaired) electrons. The summed E-state index contributed by atoms with van der Waals surface area (Å²) in [6.07, 6.45) is 5.70. The minimum atomic E-state index is 0.0238. The molecule has 1 aliphatic rings. The Bertz CT molecular complexity index is 972. The van der Waals surface area contributed by atoms with Crippen molar-refractivity contribution in [3.8, 4) is 23.0 Å². The summed E-state index contributed by atoms with van der Waals surface area (Å²) < 4.78 is 22.1. The predicted molar refractivity (Wildman–Crippen MR) is 136 cm³/mol. The normalized spacial score (nSPS) is 14.7. The molecule has 34 heavy (non-hydrogen) atoms. The zero-order valence-corrected chi connectivity index (χ0v) is 20.8. The van der Waals surface area contributed by atoms with Crippen LogP contribution in [0.2, 0.25) is 0 Å². The molecule has 1 N–H and O–H groups in total. The van der Waals surface area contributed by atoms with E-state index in [1.165, 1.54) is 0 Å². The molecular formula is C27H36N2O5. The fraction of sp³-hybridized carbons (Fsp3) is 0.444. The highest BCUT2D eigenvalue weighted by Crippen LogP contribution is 2.38. The van der Waals surface area contributed by atoms with Crippen molar-refractivity contribution in [2.45, 2.75) is 26.7 Å². The monoisotopic (exact) mass is 468 g/mol. The van der Waals surface area contributed by atoms with Crippen LogP contribution in [0.15, 0.2) is 30.3 Å². The number of nitrogens with one attached hydrogen (secondary N) is 1. The van der Waals surface area contributed by atoms with Crippen LogP contribution in [-0.4, -0.2) is 58.4 Å². The maximum Gasteiger partial charge on any atom is 0.227 e. The van der Waals surface area contributed by atoms with Crippen molar-refractivity contribution in [2.75, 3.05) is 52.9 Å². The third kappa shape index (κ3) is 6.23. The van der Waals surface area contributed by atoms with Gasteiger partial charge in [0.05, 0.1) is 33.6 Å². The van der Waals surface area contributed by atoms with Gasteiger partial charge in [-0.05, 0) is 74.8 Å². The second-order valence-corrected chi connectivity index (χ2v) is 8.18. The molecule has 0 saturated carbocycles. The Morgan fingerprint density at radius 1 is 0.941 bits per heavy atom. The summed E-state index contributed by atoms with van der Waals surface area (Å²) in [6.45, 7) is 7.58. The van der Waals surface area contributed by atoms with Crippen molar-refractivity contribution in [2.24, 2.45) is 5.92 Å². The topological polar surface area (TPSA) is 69.3 Å². The van der Waals surface area contributed by atoms with Gasteiger partial charge in [-0.25, -0.2) is 0 Å². The van der Waals surface area contributed by atoms with Crippen molar-refractivity contribution < 1.29 is 23.7 Å². The van der Waals surface area contributed by atoms with E-state index in [1.54, 1.807) is 21.3 Å². The van der Waals surface area contributed by atoms with Crippen LogP contribution in [0, 0.1) is 5.92 Å². The molecule has 2 aromatic carbocycles. The Morgan fingerprint density at radius 2 is 1.59 bits per heavy atom. The van der Waals surface area contributed by atoms with Gasteiger partial charge in [-0.1, -0.05) is 25.1 Å². The minimum absolute atomic E-state index is 0.0238. The van der Waals surface area contributed by atoms with Gasteiger partial charge < -0.3 is 29.2 Å². The summed E-state index contributed by atoms with van der Waals surface area (Å²) >= 11 is 0. The van der Waals surface area contributed by atoms with Crippen LogP contribution >= 0.6 is 0 Å².